The molecule has 7 heteroatoms. The van der Waals surface area contributed by atoms with Crippen LogP contribution in [0.4, 0.5) is 4.39 Å². The average Bonchev–Trinajstić information content (AvgIpc) is 2.81. The SMILES string of the molecule is CCCNC(=O)[C@@H](C)N(Cc1ccccc1F)C(=O)CCc1ccc(OCC)c(OCC)c1. The van der Waals surface area contributed by atoms with Crippen LogP contribution in [0.5, 0.6) is 11.5 Å². The van der Waals surface area contributed by atoms with Crippen molar-refractivity contribution in [1.82, 2.24) is 10.2 Å². The maximum atomic E-state index is 14.3. The largest absolute Gasteiger partial charge is 0.490 e. The van der Waals surface area contributed by atoms with E-state index in [-0.39, 0.29) is 24.8 Å². The van der Waals surface area contributed by atoms with Crippen LogP contribution in [0.3, 0.4) is 0 Å². The Labute approximate surface area is 196 Å². The van der Waals surface area contributed by atoms with Crippen LogP contribution in [0.2, 0.25) is 0 Å². The maximum Gasteiger partial charge on any atom is 0.242 e. The van der Waals surface area contributed by atoms with Gasteiger partial charge >= 0.3 is 0 Å². The summed E-state index contributed by atoms with van der Waals surface area (Å²) in [5.74, 6) is 0.437. The molecule has 1 N–H and O–H groups in total. The molecule has 180 valence electrons. The van der Waals surface area contributed by atoms with Gasteiger partial charge in [0.2, 0.25) is 11.8 Å². The Hall–Kier alpha value is -3.09. The van der Waals surface area contributed by atoms with E-state index in [1.54, 1.807) is 25.1 Å². The summed E-state index contributed by atoms with van der Waals surface area (Å²) in [6.07, 6.45) is 1.43. The fourth-order valence-electron chi connectivity index (χ4n) is 3.43. The monoisotopic (exact) mass is 458 g/mol. The lowest BCUT2D eigenvalue weighted by molar-refractivity contribution is -0.140. The van der Waals surface area contributed by atoms with Crippen LogP contribution in [0.15, 0.2) is 42.5 Å². The summed E-state index contributed by atoms with van der Waals surface area (Å²) >= 11 is 0. The van der Waals surface area contributed by atoms with Crippen LogP contribution in [-0.2, 0) is 22.6 Å². The molecule has 0 fully saturated rings. The third-order valence-electron chi connectivity index (χ3n) is 5.25. The first kappa shape index (κ1) is 26.2. The van der Waals surface area contributed by atoms with Gasteiger partial charge in [-0.3, -0.25) is 9.59 Å². The summed E-state index contributed by atoms with van der Waals surface area (Å²) in [6.45, 7) is 9.03. The van der Waals surface area contributed by atoms with Crippen molar-refractivity contribution in [3.63, 3.8) is 0 Å². The van der Waals surface area contributed by atoms with E-state index in [0.717, 1.165) is 12.0 Å². The Morgan fingerprint density at radius 1 is 1.03 bits per heavy atom. The van der Waals surface area contributed by atoms with Crippen molar-refractivity contribution in [3.05, 3.63) is 59.4 Å². The zero-order chi connectivity index (χ0) is 24.2. The molecule has 6 nitrogen and oxygen atoms in total. The van der Waals surface area contributed by atoms with Crippen molar-refractivity contribution < 1.29 is 23.5 Å². The lowest BCUT2D eigenvalue weighted by atomic mass is 10.1. The van der Waals surface area contributed by atoms with E-state index in [9.17, 15) is 14.0 Å². The van der Waals surface area contributed by atoms with Crippen LogP contribution in [0.25, 0.3) is 0 Å². The third-order valence-corrected chi connectivity index (χ3v) is 5.25. The van der Waals surface area contributed by atoms with Gasteiger partial charge in [-0.15, -0.1) is 0 Å². The van der Waals surface area contributed by atoms with E-state index in [0.29, 0.717) is 43.2 Å². The van der Waals surface area contributed by atoms with Crippen molar-refractivity contribution in [2.75, 3.05) is 19.8 Å². The zero-order valence-electron chi connectivity index (χ0n) is 20.0. The number of hydrogen-bond acceptors (Lipinski definition) is 4. The first-order chi connectivity index (χ1) is 15.9. The van der Waals surface area contributed by atoms with Crippen LogP contribution in [-0.4, -0.2) is 42.5 Å². The fourth-order valence-corrected chi connectivity index (χ4v) is 3.43. The van der Waals surface area contributed by atoms with Gasteiger partial charge in [-0.1, -0.05) is 31.2 Å². The predicted molar refractivity (Wildman–Crippen MR) is 127 cm³/mol. The summed E-state index contributed by atoms with van der Waals surface area (Å²) in [5.41, 5.74) is 1.30. The van der Waals surface area contributed by atoms with E-state index in [4.69, 9.17) is 9.47 Å². The highest BCUT2D eigenvalue weighted by Crippen LogP contribution is 2.29. The Morgan fingerprint density at radius 2 is 1.73 bits per heavy atom. The second-order valence-electron chi connectivity index (χ2n) is 7.73. The van der Waals surface area contributed by atoms with E-state index >= 15 is 0 Å². The lowest BCUT2D eigenvalue weighted by Crippen LogP contribution is -2.47. The number of ether oxygens (including phenoxy) is 2. The van der Waals surface area contributed by atoms with Gasteiger partial charge in [-0.05, 0) is 57.4 Å². The van der Waals surface area contributed by atoms with Crippen molar-refractivity contribution >= 4 is 11.8 Å². The minimum Gasteiger partial charge on any atom is -0.490 e. The molecule has 0 aromatic heterocycles. The molecule has 0 heterocycles. The summed E-state index contributed by atoms with van der Waals surface area (Å²) in [5, 5.41) is 2.82. The first-order valence-electron chi connectivity index (χ1n) is 11.6. The quantitative estimate of drug-likeness (QED) is 0.480. The molecule has 0 spiro atoms. The molecular weight excluding hydrogens is 423 g/mol. The number of rotatable bonds is 13. The molecule has 0 saturated heterocycles. The highest BCUT2D eigenvalue weighted by atomic mass is 19.1. The van der Waals surface area contributed by atoms with Crippen molar-refractivity contribution in [2.45, 2.75) is 59.5 Å². The van der Waals surface area contributed by atoms with Gasteiger partial charge in [-0.25, -0.2) is 4.39 Å². The van der Waals surface area contributed by atoms with Gasteiger partial charge in [0.1, 0.15) is 11.9 Å². The number of halogens is 1. The molecule has 2 aromatic rings. The average molecular weight is 459 g/mol. The normalized spacial score (nSPS) is 11.5. The topological polar surface area (TPSA) is 67.9 Å². The molecule has 2 aromatic carbocycles. The highest BCUT2D eigenvalue weighted by Gasteiger charge is 2.26. The van der Waals surface area contributed by atoms with Crippen molar-refractivity contribution in [1.29, 1.82) is 0 Å². The Balaban J connectivity index is 2.17. The predicted octanol–water partition coefficient (Wildman–Crippen LogP) is 4.50. The standard InChI is InChI=1S/C26H35FN2O4/c1-5-16-28-26(31)19(4)29(18-21-10-8-9-11-22(21)27)25(30)15-13-20-12-14-23(32-6-2)24(17-20)33-7-3/h8-12,14,17,19H,5-7,13,15-16,18H2,1-4H3,(H,28,31)/t19-/m1/s1. The second-order valence-corrected chi connectivity index (χ2v) is 7.73. The van der Waals surface area contributed by atoms with Crippen LogP contribution < -0.4 is 14.8 Å². The zero-order valence-corrected chi connectivity index (χ0v) is 20.0. The van der Waals surface area contributed by atoms with Gasteiger partial charge in [0.15, 0.2) is 11.5 Å². The Kier molecular flexibility index (Phi) is 10.7. The number of carbonyl (C=O) groups excluding carboxylic acids is 2. The molecule has 1 atom stereocenters. The van der Waals surface area contributed by atoms with Gasteiger partial charge in [0.25, 0.3) is 0 Å². The smallest absolute Gasteiger partial charge is 0.242 e. The van der Waals surface area contributed by atoms with Crippen LogP contribution in [0.1, 0.15) is 51.7 Å². The number of nitrogens with zero attached hydrogens (tertiary/aromatic N) is 1. The molecule has 33 heavy (non-hydrogen) atoms. The van der Waals surface area contributed by atoms with E-state index in [1.807, 2.05) is 39.0 Å². The third kappa shape index (κ3) is 7.77. The molecule has 0 aliphatic rings. The highest BCUT2D eigenvalue weighted by molar-refractivity contribution is 5.87. The molecule has 0 aliphatic heterocycles. The number of hydrogen-bond donors (Lipinski definition) is 1. The maximum absolute atomic E-state index is 14.3. The Morgan fingerprint density at radius 3 is 2.39 bits per heavy atom. The summed E-state index contributed by atoms with van der Waals surface area (Å²) in [6, 6.07) is 11.2. The molecule has 0 bridgehead atoms. The molecule has 2 rings (SSSR count). The van der Waals surface area contributed by atoms with Crippen LogP contribution >= 0.6 is 0 Å². The molecule has 0 saturated carbocycles. The Bertz CT molecular complexity index is 919. The number of nitrogens with one attached hydrogen (secondary N) is 1. The number of benzene rings is 2. The van der Waals surface area contributed by atoms with E-state index in [2.05, 4.69) is 5.32 Å². The van der Waals surface area contributed by atoms with E-state index < -0.39 is 11.9 Å². The number of amides is 2. The number of carbonyl (C=O) groups is 2. The van der Waals surface area contributed by atoms with Gasteiger partial charge in [0.05, 0.1) is 13.2 Å². The van der Waals surface area contributed by atoms with Gasteiger partial charge in [0, 0.05) is 25.1 Å². The molecule has 0 unspecified atom stereocenters. The van der Waals surface area contributed by atoms with Crippen molar-refractivity contribution in [2.24, 2.45) is 0 Å². The summed E-state index contributed by atoms with van der Waals surface area (Å²) in [4.78, 5) is 27.2. The lowest BCUT2D eigenvalue weighted by Gasteiger charge is -2.29. The molecule has 2 amide bonds. The second kappa shape index (κ2) is 13.5. The van der Waals surface area contributed by atoms with E-state index in [1.165, 1.54) is 11.0 Å². The molecule has 0 aliphatic carbocycles. The van der Waals surface area contributed by atoms with Gasteiger partial charge in [-0.2, -0.15) is 0 Å². The van der Waals surface area contributed by atoms with Gasteiger partial charge < -0.3 is 19.7 Å². The summed E-state index contributed by atoms with van der Waals surface area (Å²) in [7, 11) is 0. The minimum absolute atomic E-state index is 0.0275. The molecule has 0 radical (unpaired) electrons. The van der Waals surface area contributed by atoms with Crippen LogP contribution in [0, 0.1) is 5.82 Å². The molecular formula is C26H35FN2O4. The van der Waals surface area contributed by atoms with Crippen molar-refractivity contribution in [3.8, 4) is 11.5 Å². The number of aryl methyl sites for hydroxylation is 1. The minimum atomic E-state index is -0.719. The fraction of sp³-hybridized carbons (Fsp3) is 0.462. The summed E-state index contributed by atoms with van der Waals surface area (Å²) < 4.78 is 25.5. The first-order valence-corrected chi connectivity index (χ1v) is 11.6.